The van der Waals surface area contributed by atoms with Gasteiger partial charge < -0.3 is 14.4 Å². The van der Waals surface area contributed by atoms with Crippen molar-refractivity contribution < 1.29 is 14.6 Å². The molecule has 4 nitrogen and oxygen atoms in total. The number of hydrogen-bond acceptors (Lipinski definition) is 3. The highest BCUT2D eigenvalue weighted by molar-refractivity contribution is 5.95. The van der Waals surface area contributed by atoms with E-state index >= 15 is 0 Å². The van der Waals surface area contributed by atoms with E-state index in [0.717, 1.165) is 17.8 Å². The number of nitrogens with zero attached hydrogens (tertiary/aromatic N) is 1. The number of Topliss-reactive ketones (excluding diaryl/α,β-unsaturated/α-hetero) is 1. The van der Waals surface area contributed by atoms with Crippen LogP contribution in [0.5, 0.6) is 11.5 Å². The van der Waals surface area contributed by atoms with Gasteiger partial charge in [-0.05, 0) is 32.0 Å². The van der Waals surface area contributed by atoms with Gasteiger partial charge in [0.2, 0.25) is 0 Å². The molecule has 0 fully saturated rings. The molecular weight excluding hydrogens is 242 g/mol. The molecule has 100 valence electrons. The SMILES string of the molecule is CCn1cc(C(C)=O)cc1-c1ccc(O)cc1OC. The highest BCUT2D eigenvalue weighted by atomic mass is 16.5. The molecule has 0 aliphatic carbocycles. The van der Waals surface area contributed by atoms with E-state index < -0.39 is 0 Å². The first kappa shape index (κ1) is 13.2. The number of methoxy groups -OCH3 is 1. The van der Waals surface area contributed by atoms with Gasteiger partial charge in [0, 0.05) is 29.9 Å². The van der Waals surface area contributed by atoms with E-state index in [1.807, 2.05) is 23.8 Å². The van der Waals surface area contributed by atoms with Gasteiger partial charge in [-0.3, -0.25) is 4.79 Å². The Balaban J connectivity index is 2.60. The Morgan fingerprint density at radius 1 is 1.37 bits per heavy atom. The Kier molecular flexibility index (Phi) is 3.60. The molecule has 19 heavy (non-hydrogen) atoms. The fourth-order valence-electron chi connectivity index (χ4n) is 2.08. The van der Waals surface area contributed by atoms with Crippen LogP contribution in [-0.2, 0) is 6.54 Å². The highest BCUT2D eigenvalue weighted by Gasteiger charge is 2.14. The van der Waals surface area contributed by atoms with Crippen molar-refractivity contribution >= 4 is 5.78 Å². The Bertz CT molecular complexity index is 614. The van der Waals surface area contributed by atoms with Crippen molar-refractivity contribution in [3.05, 3.63) is 36.0 Å². The van der Waals surface area contributed by atoms with E-state index in [1.54, 1.807) is 32.2 Å². The number of rotatable bonds is 4. The first-order valence-corrected chi connectivity index (χ1v) is 6.15. The van der Waals surface area contributed by atoms with Crippen molar-refractivity contribution in [1.82, 2.24) is 4.57 Å². The van der Waals surface area contributed by atoms with Crippen LogP contribution >= 0.6 is 0 Å². The molecule has 0 atom stereocenters. The van der Waals surface area contributed by atoms with Crippen molar-refractivity contribution in [2.75, 3.05) is 7.11 Å². The molecule has 2 aromatic rings. The van der Waals surface area contributed by atoms with Crippen LogP contribution in [0.1, 0.15) is 24.2 Å². The summed E-state index contributed by atoms with van der Waals surface area (Å²) in [7, 11) is 1.56. The van der Waals surface area contributed by atoms with Gasteiger partial charge in [-0.2, -0.15) is 0 Å². The quantitative estimate of drug-likeness (QED) is 0.858. The number of aryl methyl sites for hydroxylation is 1. The third-order valence-corrected chi connectivity index (χ3v) is 3.10. The molecule has 0 unspecified atom stereocenters. The molecule has 0 saturated heterocycles. The van der Waals surface area contributed by atoms with Crippen LogP contribution in [0.2, 0.25) is 0 Å². The molecule has 0 aliphatic rings. The number of phenolic OH excluding ortho intramolecular Hbond substituents is 1. The lowest BCUT2D eigenvalue weighted by molar-refractivity contribution is 0.101. The third-order valence-electron chi connectivity index (χ3n) is 3.10. The number of phenols is 1. The number of hydrogen-bond donors (Lipinski definition) is 1. The lowest BCUT2D eigenvalue weighted by atomic mass is 10.1. The standard InChI is InChI=1S/C15H17NO3/c1-4-16-9-11(10(2)17)7-14(16)13-6-5-12(18)8-15(13)19-3/h5-9,18H,4H2,1-3H3. The summed E-state index contributed by atoms with van der Waals surface area (Å²) in [5.74, 6) is 0.774. The predicted molar refractivity (Wildman–Crippen MR) is 73.8 cm³/mol. The Hall–Kier alpha value is -2.23. The molecule has 2 rings (SSSR count). The number of carbonyl (C=O) groups excluding carboxylic acids is 1. The first-order chi connectivity index (χ1) is 9.06. The van der Waals surface area contributed by atoms with Gasteiger partial charge in [0.15, 0.2) is 5.78 Å². The number of benzene rings is 1. The van der Waals surface area contributed by atoms with E-state index in [-0.39, 0.29) is 11.5 Å². The minimum Gasteiger partial charge on any atom is -0.508 e. The number of ketones is 1. The molecule has 1 aromatic heterocycles. The molecule has 1 aromatic carbocycles. The molecule has 0 saturated carbocycles. The zero-order valence-corrected chi connectivity index (χ0v) is 11.3. The Morgan fingerprint density at radius 2 is 2.11 bits per heavy atom. The Morgan fingerprint density at radius 3 is 2.68 bits per heavy atom. The minimum absolute atomic E-state index is 0.0335. The van der Waals surface area contributed by atoms with Crippen molar-refractivity contribution in [2.24, 2.45) is 0 Å². The summed E-state index contributed by atoms with van der Waals surface area (Å²) in [5.41, 5.74) is 2.44. The normalized spacial score (nSPS) is 10.5. The first-order valence-electron chi connectivity index (χ1n) is 6.15. The lowest BCUT2D eigenvalue weighted by Gasteiger charge is -2.11. The van der Waals surface area contributed by atoms with Crippen LogP contribution in [-0.4, -0.2) is 22.6 Å². The maximum Gasteiger partial charge on any atom is 0.161 e. The number of ether oxygens (including phenoxy) is 1. The van der Waals surface area contributed by atoms with E-state index in [9.17, 15) is 9.90 Å². The summed E-state index contributed by atoms with van der Waals surface area (Å²) in [6, 6.07) is 6.81. The van der Waals surface area contributed by atoms with Crippen LogP contribution < -0.4 is 4.74 Å². The van der Waals surface area contributed by atoms with E-state index in [0.29, 0.717) is 11.3 Å². The van der Waals surface area contributed by atoms with Crippen molar-refractivity contribution in [1.29, 1.82) is 0 Å². The summed E-state index contributed by atoms with van der Waals surface area (Å²) in [6.07, 6.45) is 1.84. The van der Waals surface area contributed by atoms with Crippen molar-refractivity contribution in [2.45, 2.75) is 20.4 Å². The molecule has 1 N–H and O–H groups in total. The maximum absolute atomic E-state index is 11.5. The van der Waals surface area contributed by atoms with Gasteiger partial charge in [0.1, 0.15) is 11.5 Å². The second kappa shape index (κ2) is 5.18. The van der Waals surface area contributed by atoms with Gasteiger partial charge >= 0.3 is 0 Å². The maximum atomic E-state index is 11.5. The fraction of sp³-hybridized carbons (Fsp3) is 0.267. The van der Waals surface area contributed by atoms with Gasteiger partial charge in [0.05, 0.1) is 12.8 Å². The van der Waals surface area contributed by atoms with Crippen LogP contribution in [0.4, 0.5) is 0 Å². The molecular formula is C15H17NO3. The monoisotopic (exact) mass is 259 g/mol. The molecule has 0 amide bonds. The third kappa shape index (κ3) is 2.47. The van der Waals surface area contributed by atoms with Gasteiger partial charge in [0.25, 0.3) is 0 Å². The molecule has 1 heterocycles. The van der Waals surface area contributed by atoms with E-state index in [1.165, 1.54) is 0 Å². The Labute approximate surface area is 112 Å². The molecule has 0 bridgehead atoms. The fourth-order valence-corrected chi connectivity index (χ4v) is 2.08. The topological polar surface area (TPSA) is 51.5 Å². The van der Waals surface area contributed by atoms with Crippen LogP contribution in [0, 0.1) is 0 Å². The zero-order chi connectivity index (χ0) is 14.0. The van der Waals surface area contributed by atoms with E-state index in [4.69, 9.17) is 4.74 Å². The highest BCUT2D eigenvalue weighted by Crippen LogP contribution is 2.34. The summed E-state index contributed by atoms with van der Waals surface area (Å²) in [6.45, 7) is 4.32. The van der Waals surface area contributed by atoms with Crippen LogP contribution in [0.3, 0.4) is 0 Å². The second-order valence-corrected chi connectivity index (χ2v) is 4.34. The van der Waals surface area contributed by atoms with Gasteiger partial charge in [-0.25, -0.2) is 0 Å². The number of aromatic nitrogens is 1. The van der Waals surface area contributed by atoms with Crippen LogP contribution in [0.15, 0.2) is 30.5 Å². The molecule has 4 heteroatoms. The second-order valence-electron chi connectivity index (χ2n) is 4.34. The van der Waals surface area contributed by atoms with Gasteiger partial charge in [-0.1, -0.05) is 0 Å². The van der Waals surface area contributed by atoms with Crippen LogP contribution in [0.25, 0.3) is 11.3 Å². The lowest BCUT2D eigenvalue weighted by Crippen LogP contribution is -1.96. The average molecular weight is 259 g/mol. The summed E-state index contributed by atoms with van der Waals surface area (Å²) in [5, 5.41) is 9.49. The van der Waals surface area contributed by atoms with Crippen molar-refractivity contribution in [3.8, 4) is 22.8 Å². The van der Waals surface area contributed by atoms with Gasteiger partial charge in [-0.15, -0.1) is 0 Å². The van der Waals surface area contributed by atoms with Crippen molar-refractivity contribution in [3.63, 3.8) is 0 Å². The molecule has 0 radical (unpaired) electrons. The minimum atomic E-state index is 0.0335. The summed E-state index contributed by atoms with van der Waals surface area (Å²) >= 11 is 0. The number of aromatic hydroxyl groups is 1. The molecule has 0 aliphatic heterocycles. The summed E-state index contributed by atoms with van der Waals surface area (Å²) in [4.78, 5) is 11.5. The average Bonchev–Trinajstić information content (AvgIpc) is 2.82. The predicted octanol–water partition coefficient (Wildman–Crippen LogP) is 3.09. The summed E-state index contributed by atoms with van der Waals surface area (Å²) < 4.78 is 7.28. The smallest absolute Gasteiger partial charge is 0.161 e. The number of carbonyl (C=O) groups is 1. The molecule has 0 spiro atoms. The largest absolute Gasteiger partial charge is 0.508 e. The van der Waals surface area contributed by atoms with E-state index in [2.05, 4.69) is 0 Å². The zero-order valence-electron chi connectivity index (χ0n) is 11.3.